The average Bonchev–Trinajstić information content (AvgIpc) is 3.31. The van der Waals surface area contributed by atoms with E-state index in [1.54, 1.807) is 29.7 Å². The molecular formula is C30H30N4O3. The molecule has 1 aliphatic rings. The zero-order valence-corrected chi connectivity index (χ0v) is 21.5. The molecule has 7 heteroatoms. The van der Waals surface area contributed by atoms with Crippen molar-refractivity contribution in [3.05, 3.63) is 101 Å². The molecule has 0 spiro atoms. The smallest absolute Gasteiger partial charge is 0.277 e. The molecule has 0 fully saturated rings. The van der Waals surface area contributed by atoms with Crippen LogP contribution in [0.25, 0.3) is 11.3 Å². The molecule has 1 N–H and O–H groups in total. The number of hydrogen-bond acceptors (Lipinski definition) is 4. The van der Waals surface area contributed by atoms with Gasteiger partial charge in [0, 0.05) is 17.8 Å². The first-order valence-electron chi connectivity index (χ1n) is 12.3. The molecule has 5 rings (SSSR count). The minimum atomic E-state index is -1.19. The lowest BCUT2D eigenvalue weighted by molar-refractivity contribution is -0.126. The largest absolute Gasteiger partial charge is 0.497 e. The van der Waals surface area contributed by atoms with Crippen LogP contribution in [0.4, 0.5) is 5.69 Å². The van der Waals surface area contributed by atoms with Gasteiger partial charge in [0.15, 0.2) is 0 Å². The molecule has 1 aliphatic heterocycles. The number of ether oxygens (including phenoxy) is 1. The van der Waals surface area contributed by atoms with E-state index in [9.17, 15) is 9.59 Å². The lowest BCUT2D eigenvalue weighted by Crippen LogP contribution is -2.64. The molecule has 2 amide bonds. The number of fused-ring (bicyclic) bond motifs is 1. The van der Waals surface area contributed by atoms with Crippen LogP contribution in [0, 0.1) is 13.8 Å². The summed E-state index contributed by atoms with van der Waals surface area (Å²) in [6, 6.07) is 25.0. The van der Waals surface area contributed by atoms with Gasteiger partial charge in [-0.1, -0.05) is 36.4 Å². The van der Waals surface area contributed by atoms with Crippen LogP contribution in [0.5, 0.6) is 5.75 Å². The Hall–Kier alpha value is -4.39. The van der Waals surface area contributed by atoms with Crippen molar-refractivity contribution in [1.82, 2.24) is 15.1 Å². The van der Waals surface area contributed by atoms with E-state index in [0.717, 1.165) is 28.0 Å². The second kappa shape index (κ2) is 9.58. The summed E-state index contributed by atoms with van der Waals surface area (Å²) >= 11 is 0. The van der Waals surface area contributed by atoms with E-state index in [1.807, 2.05) is 80.6 Å². The Labute approximate surface area is 216 Å². The van der Waals surface area contributed by atoms with E-state index in [-0.39, 0.29) is 18.4 Å². The highest BCUT2D eigenvalue weighted by Crippen LogP contribution is 2.35. The number of benzene rings is 3. The number of rotatable bonds is 6. The van der Waals surface area contributed by atoms with Gasteiger partial charge in [0.1, 0.15) is 17.0 Å². The molecule has 188 valence electrons. The summed E-state index contributed by atoms with van der Waals surface area (Å²) in [5.74, 6) is 0.240. The van der Waals surface area contributed by atoms with Crippen LogP contribution in [0.15, 0.2) is 78.9 Å². The zero-order chi connectivity index (χ0) is 26.2. The number of aromatic nitrogens is 2. The summed E-state index contributed by atoms with van der Waals surface area (Å²) in [7, 11) is 1.62. The van der Waals surface area contributed by atoms with Crippen molar-refractivity contribution in [1.29, 1.82) is 0 Å². The van der Waals surface area contributed by atoms with Crippen LogP contribution < -0.4 is 15.0 Å². The van der Waals surface area contributed by atoms with E-state index >= 15 is 0 Å². The number of amides is 2. The first kappa shape index (κ1) is 24.3. The summed E-state index contributed by atoms with van der Waals surface area (Å²) in [6.07, 6.45) is 0. The van der Waals surface area contributed by atoms with E-state index < -0.39 is 5.54 Å². The van der Waals surface area contributed by atoms with E-state index in [2.05, 4.69) is 11.4 Å². The van der Waals surface area contributed by atoms with Gasteiger partial charge in [0.05, 0.1) is 19.3 Å². The van der Waals surface area contributed by atoms with Crippen molar-refractivity contribution >= 4 is 17.5 Å². The molecule has 2 heterocycles. The van der Waals surface area contributed by atoms with Crippen LogP contribution in [0.3, 0.4) is 0 Å². The standard InChI is InChI=1S/C30H30N4O3/c1-20-14-21(2)16-24(15-20)34-28(35)27-17-26(23-10-12-25(37-4)13-11-23)32-33(27)19-30(34,3)29(36)31-18-22-8-6-5-7-9-22/h5-17H,18-19H2,1-4H3,(H,31,36)/t30-/m1/s1. The van der Waals surface area contributed by atoms with Gasteiger partial charge >= 0.3 is 0 Å². The second-order valence-electron chi connectivity index (χ2n) is 9.73. The van der Waals surface area contributed by atoms with Crippen LogP contribution in [-0.2, 0) is 17.9 Å². The highest BCUT2D eigenvalue weighted by Gasteiger charge is 2.49. The molecule has 0 saturated carbocycles. The first-order chi connectivity index (χ1) is 17.8. The third-order valence-electron chi connectivity index (χ3n) is 6.79. The Morgan fingerprint density at radius 2 is 1.68 bits per heavy atom. The van der Waals surface area contributed by atoms with Crippen LogP contribution >= 0.6 is 0 Å². The Kier molecular flexibility index (Phi) is 6.29. The summed E-state index contributed by atoms with van der Waals surface area (Å²) in [4.78, 5) is 29.5. The van der Waals surface area contributed by atoms with Crippen LogP contribution in [0.1, 0.15) is 34.1 Å². The first-order valence-corrected chi connectivity index (χ1v) is 12.3. The van der Waals surface area contributed by atoms with Crippen molar-refractivity contribution in [2.45, 2.75) is 39.4 Å². The van der Waals surface area contributed by atoms with E-state index in [1.165, 1.54) is 0 Å². The fraction of sp³-hybridized carbons (Fsp3) is 0.233. The molecule has 0 bridgehead atoms. The van der Waals surface area contributed by atoms with Gasteiger partial charge in [0.25, 0.3) is 5.91 Å². The molecule has 0 unspecified atom stereocenters. The lowest BCUT2D eigenvalue weighted by atomic mass is 9.93. The predicted octanol–water partition coefficient (Wildman–Crippen LogP) is 4.91. The maximum absolute atomic E-state index is 14.0. The van der Waals surface area contributed by atoms with Gasteiger partial charge < -0.3 is 10.1 Å². The fourth-order valence-corrected chi connectivity index (χ4v) is 4.94. The monoisotopic (exact) mass is 494 g/mol. The molecule has 0 radical (unpaired) electrons. The highest BCUT2D eigenvalue weighted by molar-refractivity contribution is 6.12. The number of anilines is 1. The topological polar surface area (TPSA) is 76.5 Å². The minimum Gasteiger partial charge on any atom is -0.497 e. The summed E-state index contributed by atoms with van der Waals surface area (Å²) in [5, 5.41) is 7.79. The Morgan fingerprint density at radius 3 is 2.32 bits per heavy atom. The molecule has 4 aromatic rings. The van der Waals surface area contributed by atoms with Gasteiger partial charge in [-0.2, -0.15) is 5.10 Å². The molecular weight excluding hydrogens is 464 g/mol. The Bertz CT molecular complexity index is 1440. The summed E-state index contributed by atoms with van der Waals surface area (Å²) in [6.45, 7) is 6.37. The van der Waals surface area contributed by atoms with Crippen molar-refractivity contribution in [2.24, 2.45) is 0 Å². The van der Waals surface area contributed by atoms with Gasteiger partial charge in [-0.25, -0.2) is 0 Å². The zero-order valence-electron chi connectivity index (χ0n) is 21.5. The lowest BCUT2D eigenvalue weighted by Gasteiger charge is -2.43. The molecule has 37 heavy (non-hydrogen) atoms. The van der Waals surface area contributed by atoms with Gasteiger partial charge in [-0.15, -0.1) is 0 Å². The van der Waals surface area contributed by atoms with Crippen LogP contribution in [0.2, 0.25) is 0 Å². The average molecular weight is 495 g/mol. The van der Waals surface area contributed by atoms with Crippen molar-refractivity contribution in [2.75, 3.05) is 12.0 Å². The van der Waals surface area contributed by atoms with Gasteiger partial charge in [-0.3, -0.25) is 19.2 Å². The molecule has 0 saturated heterocycles. The second-order valence-corrected chi connectivity index (χ2v) is 9.73. The number of nitrogens with zero attached hydrogens (tertiary/aromatic N) is 3. The molecule has 0 aliphatic carbocycles. The van der Waals surface area contributed by atoms with Crippen molar-refractivity contribution < 1.29 is 14.3 Å². The normalized spacial score (nSPS) is 16.9. The Morgan fingerprint density at radius 1 is 1.00 bits per heavy atom. The van der Waals surface area contributed by atoms with Gasteiger partial charge in [-0.05, 0) is 79.9 Å². The van der Waals surface area contributed by atoms with Crippen molar-refractivity contribution in [3.63, 3.8) is 0 Å². The summed E-state index contributed by atoms with van der Waals surface area (Å²) < 4.78 is 6.92. The van der Waals surface area contributed by atoms with Crippen LogP contribution in [-0.4, -0.2) is 34.2 Å². The quantitative estimate of drug-likeness (QED) is 0.413. The maximum atomic E-state index is 14.0. The number of methoxy groups -OCH3 is 1. The number of carbonyl (C=O) groups excluding carboxylic acids is 2. The number of aryl methyl sites for hydroxylation is 2. The number of carbonyl (C=O) groups is 2. The fourth-order valence-electron chi connectivity index (χ4n) is 4.94. The minimum absolute atomic E-state index is 0.220. The third kappa shape index (κ3) is 4.60. The summed E-state index contributed by atoms with van der Waals surface area (Å²) in [5.41, 5.74) is 4.50. The molecule has 3 aromatic carbocycles. The van der Waals surface area contributed by atoms with Gasteiger partial charge in [0.2, 0.25) is 5.91 Å². The Balaban J connectivity index is 1.55. The van der Waals surface area contributed by atoms with Crippen molar-refractivity contribution in [3.8, 4) is 17.0 Å². The number of nitrogens with one attached hydrogen (secondary N) is 1. The highest BCUT2D eigenvalue weighted by atomic mass is 16.5. The third-order valence-corrected chi connectivity index (χ3v) is 6.79. The molecule has 1 atom stereocenters. The molecule has 1 aromatic heterocycles. The predicted molar refractivity (Wildman–Crippen MR) is 144 cm³/mol. The van der Waals surface area contributed by atoms with E-state index in [0.29, 0.717) is 23.6 Å². The number of hydrogen-bond donors (Lipinski definition) is 1. The maximum Gasteiger partial charge on any atom is 0.277 e. The van der Waals surface area contributed by atoms with E-state index in [4.69, 9.17) is 9.84 Å². The SMILES string of the molecule is COc1ccc(-c2cc3n(n2)C[C@](C)(C(=O)NCc2ccccc2)N(c2cc(C)cc(C)c2)C3=O)cc1. The molecule has 7 nitrogen and oxygen atoms in total.